The van der Waals surface area contributed by atoms with Crippen LogP contribution in [0, 0.1) is 17.6 Å². The monoisotopic (exact) mass is 330 g/mol. The molecule has 2 aromatic rings. The zero-order valence-electron chi connectivity index (χ0n) is 12.8. The van der Waals surface area contributed by atoms with Crippen LogP contribution < -0.4 is 10.2 Å². The Kier molecular flexibility index (Phi) is 4.55. The van der Waals surface area contributed by atoms with Crippen molar-refractivity contribution in [3.63, 3.8) is 0 Å². The second-order valence-corrected chi connectivity index (χ2v) is 5.63. The van der Waals surface area contributed by atoms with E-state index in [9.17, 15) is 18.4 Å². The summed E-state index contributed by atoms with van der Waals surface area (Å²) in [6.07, 6.45) is 0.346. The molecule has 6 heteroatoms. The maximum absolute atomic E-state index is 13.3. The molecule has 1 fully saturated rings. The summed E-state index contributed by atoms with van der Waals surface area (Å²) in [5.74, 6) is -3.54. The Balaban J connectivity index is 1.65. The Morgan fingerprint density at radius 3 is 2.58 bits per heavy atom. The number of hydrogen-bond acceptors (Lipinski definition) is 2. The van der Waals surface area contributed by atoms with Gasteiger partial charge in [-0.05, 0) is 24.1 Å². The molecule has 0 aliphatic carbocycles. The molecule has 1 saturated heterocycles. The van der Waals surface area contributed by atoms with Crippen molar-refractivity contribution >= 4 is 17.5 Å². The average Bonchev–Trinajstić information content (AvgIpc) is 2.98. The second-order valence-electron chi connectivity index (χ2n) is 5.63. The van der Waals surface area contributed by atoms with Crippen molar-refractivity contribution in [1.29, 1.82) is 0 Å². The molecule has 0 aromatic heterocycles. The molecule has 2 aromatic carbocycles. The third-order valence-electron chi connectivity index (χ3n) is 4.05. The van der Waals surface area contributed by atoms with E-state index in [-0.39, 0.29) is 11.6 Å². The third-order valence-corrected chi connectivity index (χ3v) is 4.05. The van der Waals surface area contributed by atoms with Gasteiger partial charge in [-0.1, -0.05) is 30.3 Å². The van der Waals surface area contributed by atoms with Crippen LogP contribution in [0.3, 0.4) is 0 Å². The summed E-state index contributed by atoms with van der Waals surface area (Å²) in [6, 6.07) is 12.7. The maximum atomic E-state index is 13.3. The molecular weight excluding hydrogens is 314 g/mol. The number of carbonyl (C=O) groups is 2. The molecule has 1 atom stereocenters. The first-order chi connectivity index (χ1) is 11.6. The zero-order chi connectivity index (χ0) is 17.1. The van der Waals surface area contributed by atoms with E-state index in [1.165, 1.54) is 11.0 Å². The summed E-state index contributed by atoms with van der Waals surface area (Å²) in [7, 11) is 0. The van der Waals surface area contributed by atoms with Gasteiger partial charge in [-0.15, -0.1) is 0 Å². The quantitative estimate of drug-likeness (QED) is 0.876. The van der Waals surface area contributed by atoms with Gasteiger partial charge in [-0.2, -0.15) is 0 Å². The van der Waals surface area contributed by atoms with Crippen molar-refractivity contribution in [2.24, 2.45) is 5.92 Å². The third kappa shape index (κ3) is 3.27. The van der Waals surface area contributed by atoms with Crippen LogP contribution in [0.15, 0.2) is 48.5 Å². The van der Waals surface area contributed by atoms with Crippen molar-refractivity contribution in [3.8, 4) is 0 Å². The van der Waals surface area contributed by atoms with E-state index in [1.807, 2.05) is 30.3 Å². The highest BCUT2D eigenvalue weighted by Crippen LogP contribution is 2.26. The molecule has 0 spiro atoms. The number of hydrogen-bond donors (Lipinski definition) is 1. The van der Waals surface area contributed by atoms with Crippen molar-refractivity contribution in [3.05, 3.63) is 65.7 Å². The number of halogens is 2. The van der Waals surface area contributed by atoms with Gasteiger partial charge in [0.25, 0.3) is 0 Å². The fraction of sp³-hybridized carbons (Fsp3) is 0.222. The van der Waals surface area contributed by atoms with Crippen LogP contribution >= 0.6 is 0 Å². The predicted octanol–water partition coefficient (Wildman–Crippen LogP) is 2.63. The predicted molar refractivity (Wildman–Crippen MR) is 85.1 cm³/mol. The lowest BCUT2D eigenvalue weighted by Gasteiger charge is -2.17. The largest absolute Gasteiger partial charge is 0.351 e. The standard InChI is InChI=1S/C18H16F2N2O2/c19-15-7-6-13(10-16(15)20)22-9-8-14(18(22)24)17(23)21-11-12-4-2-1-3-5-12/h1-7,10,14H,8-9,11H2,(H,21,23). The van der Waals surface area contributed by atoms with Gasteiger partial charge < -0.3 is 10.2 Å². The molecule has 1 unspecified atom stereocenters. The number of nitrogens with zero attached hydrogens (tertiary/aromatic N) is 1. The minimum absolute atomic E-state index is 0.261. The van der Waals surface area contributed by atoms with Gasteiger partial charge in [-0.25, -0.2) is 8.78 Å². The number of nitrogens with one attached hydrogen (secondary N) is 1. The normalized spacial score (nSPS) is 17.2. The van der Waals surface area contributed by atoms with E-state index in [2.05, 4.69) is 5.32 Å². The summed E-state index contributed by atoms with van der Waals surface area (Å²) >= 11 is 0. The Labute approximate surface area is 138 Å². The van der Waals surface area contributed by atoms with Gasteiger partial charge in [0.05, 0.1) is 0 Å². The number of amides is 2. The fourth-order valence-corrected chi connectivity index (χ4v) is 2.74. The van der Waals surface area contributed by atoms with Gasteiger partial charge in [0.1, 0.15) is 5.92 Å². The highest BCUT2D eigenvalue weighted by atomic mass is 19.2. The van der Waals surface area contributed by atoms with Crippen LogP contribution in [0.5, 0.6) is 0 Å². The number of benzene rings is 2. The van der Waals surface area contributed by atoms with Gasteiger partial charge >= 0.3 is 0 Å². The first-order valence-electron chi connectivity index (χ1n) is 7.64. The molecule has 0 saturated carbocycles. The molecule has 1 aliphatic rings. The van der Waals surface area contributed by atoms with Crippen LogP contribution in [0.2, 0.25) is 0 Å². The Morgan fingerprint density at radius 2 is 1.88 bits per heavy atom. The molecule has 0 radical (unpaired) electrons. The topological polar surface area (TPSA) is 49.4 Å². The number of rotatable bonds is 4. The smallest absolute Gasteiger partial charge is 0.239 e. The highest BCUT2D eigenvalue weighted by Gasteiger charge is 2.37. The lowest BCUT2D eigenvalue weighted by atomic mass is 10.1. The van der Waals surface area contributed by atoms with Gasteiger partial charge in [-0.3, -0.25) is 9.59 Å². The lowest BCUT2D eigenvalue weighted by molar-refractivity contribution is -0.132. The first-order valence-corrected chi connectivity index (χ1v) is 7.64. The van der Waals surface area contributed by atoms with Crippen LogP contribution in [0.4, 0.5) is 14.5 Å². The van der Waals surface area contributed by atoms with Gasteiger partial charge in [0.2, 0.25) is 11.8 Å². The van der Waals surface area contributed by atoms with Crippen LogP contribution in [-0.4, -0.2) is 18.4 Å². The maximum Gasteiger partial charge on any atom is 0.239 e. The van der Waals surface area contributed by atoms with Crippen LogP contribution in [0.1, 0.15) is 12.0 Å². The summed E-state index contributed by atoms with van der Waals surface area (Å²) in [5, 5.41) is 2.74. The molecular formula is C18H16F2N2O2. The molecule has 1 aliphatic heterocycles. The minimum atomic E-state index is -1.02. The van der Waals surface area contributed by atoms with Crippen molar-refractivity contribution in [1.82, 2.24) is 5.32 Å². The summed E-state index contributed by atoms with van der Waals surface area (Å²) < 4.78 is 26.3. The molecule has 2 amide bonds. The number of anilines is 1. The van der Waals surface area contributed by atoms with E-state index in [4.69, 9.17) is 0 Å². The molecule has 0 bridgehead atoms. The van der Waals surface area contributed by atoms with E-state index in [0.29, 0.717) is 19.5 Å². The van der Waals surface area contributed by atoms with Gasteiger partial charge in [0, 0.05) is 24.8 Å². The minimum Gasteiger partial charge on any atom is -0.351 e. The number of carbonyl (C=O) groups excluding carboxylic acids is 2. The SMILES string of the molecule is O=C(NCc1ccccc1)C1CCN(c2ccc(F)c(F)c2)C1=O. The average molecular weight is 330 g/mol. The Morgan fingerprint density at radius 1 is 1.12 bits per heavy atom. The Hall–Kier alpha value is -2.76. The van der Waals surface area contributed by atoms with E-state index in [0.717, 1.165) is 17.7 Å². The summed E-state index contributed by atoms with van der Waals surface area (Å²) in [6.45, 7) is 0.641. The molecule has 24 heavy (non-hydrogen) atoms. The fourth-order valence-electron chi connectivity index (χ4n) is 2.74. The van der Waals surface area contributed by atoms with E-state index < -0.39 is 23.5 Å². The summed E-state index contributed by atoms with van der Waals surface area (Å²) in [5.41, 5.74) is 1.20. The van der Waals surface area contributed by atoms with Crippen LogP contribution in [-0.2, 0) is 16.1 Å². The highest BCUT2D eigenvalue weighted by molar-refractivity contribution is 6.09. The van der Waals surface area contributed by atoms with Crippen molar-refractivity contribution in [2.45, 2.75) is 13.0 Å². The molecule has 1 N–H and O–H groups in total. The van der Waals surface area contributed by atoms with Crippen molar-refractivity contribution in [2.75, 3.05) is 11.4 Å². The lowest BCUT2D eigenvalue weighted by Crippen LogP contribution is -2.36. The second kappa shape index (κ2) is 6.78. The van der Waals surface area contributed by atoms with E-state index in [1.54, 1.807) is 0 Å². The van der Waals surface area contributed by atoms with Crippen LogP contribution in [0.25, 0.3) is 0 Å². The van der Waals surface area contributed by atoms with Crippen molar-refractivity contribution < 1.29 is 18.4 Å². The molecule has 1 heterocycles. The molecule has 4 nitrogen and oxygen atoms in total. The molecule has 124 valence electrons. The summed E-state index contributed by atoms with van der Waals surface area (Å²) in [4.78, 5) is 26.0. The Bertz CT molecular complexity index is 765. The first kappa shape index (κ1) is 16.1. The van der Waals surface area contributed by atoms with Gasteiger partial charge in [0.15, 0.2) is 11.6 Å². The zero-order valence-corrected chi connectivity index (χ0v) is 12.8. The van der Waals surface area contributed by atoms with E-state index >= 15 is 0 Å². The molecule has 3 rings (SSSR count).